The summed E-state index contributed by atoms with van der Waals surface area (Å²) < 4.78 is 13.2. The molecule has 1 aliphatic rings. The van der Waals surface area contributed by atoms with Gasteiger partial charge in [0, 0.05) is 11.5 Å². The largest absolute Gasteiger partial charge is 0.327 e. The summed E-state index contributed by atoms with van der Waals surface area (Å²) in [6.07, 6.45) is 0.968. The number of nitrogens with two attached hydrogens (primary N) is 1. The third-order valence-corrected chi connectivity index (χ3v) is 3.13. The van der Waals surface area contributed by atoms with E-state index in [4.69, 9.17) is 5.73 Å². The van der Waals surface area contributed by atoms with E-state index in [1.807, 2.05) is 12.1 Å². The molecule has 1 aromatic carbocycles. The molecule has 0 spiro atoms. The quantitative estimate of drug-likeness (QED) is 0.702. The first-order chi connectivity index (χ1) is 6.04. The van der Waals surface area contributed by atoms with Gasteiger partial charge < -0.3 is 5.73 Å². The zero-order chi connectivity index (χ0) is 9.64. The molecular weight excluding hydrogens is 165 g/mol. The Balaban J connectivity index is 2.38. The average Bonchev–Trinajstić information content (AvgIpc) is 2.67. The van der Waals surface area contributed by atoms with Gasteiger partial charge in [0.2, 0.25) is 0 Å². The number of hydrogen-bond acceptors (Lipinski definition) is 1. The van der Waals surface area contributed by atoms with Crippen molar-refractivity contribution in [3.8, 4) is 0 Å². The van der Waals surface area contributed by atoms with Gasteiger partial charge in [-0.25, -0.2) is 4.39 Å². The Labute approximate surface area is 77.8 Å². The van der Waals surface area contributed by atoms with Crippen molar-refractivity contribution in [3.05, 3.63) is 35.1 Å². The molecule has 0 radical (unpaired) electrons. The molecule has 1 fully saturated rings. The smallest absolute Gasteiger partial charge is 0.126 e. The molecular formula is C11H14FN. The first kappa shape index (κ1) is 8.70. The minimum atomic E-state index is -0.127. The molecule has 2 heteroatoms. The Morgan fingerprint density at radius 1 is 1.54 bits per heavy atom. The third kappa shape index (κ3) is 1.25. The third-order valence-electron chi connectivity index (χ3n) is 3.13. The van der Waals surface area contributed by atoms with E-state index in [1.54, 1.807) is 13.0 Å². The van der Waals surface area contributed by atoms with E-state index in [0.29, 0.717) is 5.56 Å². The van der Waals surface area contributed by atoms with Crippen LogP contribution in [0.25, 0.3) is 0 Å². The van der Waals surface area contributed by atoms with Crippen LogP contribution in [-0.2, 0) is 5.41 Å². The van der Waals surface area contributed by atoms with E-state index < -0.39 is 0 Å². The molecule has 0 amide bonds. The number of rotatable bonds is 1. The predicted molar refractivity (Wildman–Crippen MR) is 51.1 cm³/mol. The van der Waals surface area contributed by atoms with Crippen LogP contribution < -0.4 is 5.73 Å². The Morgan fingerprint density at radius 3 is 2.62 bits per heavy atom. The van der Waals surface area contributed by atoms with Crippen molar-refractivity contribution < 1.29 is 4.39 Å². The van der Waals surface area contributed by atoms with Gasteiger partial charge in [-0.3, -0.25) is 0 Å². The van der Waals surface area contributed by atoms with Crippen LogP contribution in [0.4, 0.5) is 4.39 Å². The second-order valence-corrected chi connectivity index (χ2v) is 4.19. The van der Waals surface area contributed by atoms with Gasteiger partial charge in [0.15, 0.2) is 0 Å². The highest BCUT2D eigenvalue weighted by Crippen LogP contribution is 2.46. The van der Waals surface area contributed by atoms with E-state index >= 15 is 0 Å². The van der Waals surface area contributed by atoms with Crippen LogP contribution in [0.5, 0.6) is 0 Å². The molecule has 0 saturated heterocycles. The normalized spacial score (nSPS) is 31.8. The molecule has 0 bridgehead atoms. The Kier molecular flexibility index (Phi) is 1.70. The summed E-state index contributed by atoms with van der Waals surface area (Å²) in [5, 5.41) is 0. The summed E-state index contributed by atoms with van der Waals surface area (Å²) in [5.74, 6) is -0.127. The maximum atomic E-state index is 13.2. The van der Waals surface area contributed by atoms with Crippen LogP contribution in [0, 0.1) is 12.7 Å². The molecule has 2 N–H and O–H groups in total. The lowest BCUT2D eigenvalue weighted by Crippen LogP contribution is -2.14. The molecule has 70 valence electrons. The highest BCUT2D eigenvalue weighted by atomic mass is 19.1. The monoisotopic (exact) mass is 179 g/mol. The second kappa shape index (κ2) is 2.55. The molecule has 13 heavy (non-hydrogen) atoms. The number of aryl methyl sites for hydroxylation is 1. The fourth-order valence-corrected chi connectivity index (χ4v) is 1.68. The molecule has 2 atom stereocenters. The summed E-state index contributed by atoms with van der Waals surface area (Å²) in [6.45, 7) is 3.86. The fourth-order valence-electron chi connectivity index (χ4n) is 1.68. The van der Waals surface area contributed by atoms with E-state index in [2.05, 4.69) is 6.92 Å². The van der Waals surface area contributed by atoms with E-state index in [0.717, 1.165) is 12.0 Å². The number of benzene rings is 1. The van der Waals surface area contributed by atoms with Gasteiger partial charge >= 0.3 is 0 Å². The molecule has 2 unspecified atom stereocenters. The molecule has 1 nitrogen and oxygen atoms in total. The van der Waals surface area contributed by atoms with Crippen LogP contribution in [0.1, 0.15) is 24.5 Å². The van der Waals surface area contributed by atoms with E-state index in [9.17, 15) is 4.39 Å². The topological polar surface area (TPSA) is 26.0 Å². The maximum Gasteiger partial charge on any atom is 0.126 e. The van der Waals surface area contributed by atoms with Crippen molar-refractivity contribution in [2.24, 2.45) is 5.73 Å². The highest BCUT2D eigenvalue weighted by Gasteiger charge is 2.48. The van der Waals surface area contributed by atoms with Crippen molar-refractivity contribution in [1.29, 1.82) is 0 Å². The Bertz CT molecular complexity index is 348. The zero-order valence-corrected chi connectivity index (χ0v) is 7.97. The molecule has 0 aromatic heterocycles. The summed E-state index contributed by atoms with van der Waals surface area (Å²) in [6, 6.07) is 5.61. The molecule has 2 rings (SSSR count). The van der Waals surface area contributed by atoms with Crippen molar-refractivity contribution in [2.75, 3.05) is 0 Å². The summed E-state index contributed by atoms with van der Waals surface area (Å²) in [7, 11) is 0. The molecule has 1 aromatic rings. The SMILES string of the molecule is Cc1ccc(C2(C)CC2N)cc1F. The van der Waals surface area contributed by atoms with Crippen LogP contribution >= 0.6 is 0 Å². The minimum absolute atomic E-state index is 0.0224. The van der Waals surface area contributed by atoms with Gasteiger partial charge in [0.05, 0.1) is 0 Å². The van der Waals surface area contributed by atoms with Crippen LogP contribution in [0.2, 0.25) is 0 Å². The summed E-state index contributed by atoms with van der Waals surface area (Å²) >= 11 is 0. The lowest BCUT2D eigenvalue weighted by atomic mass is 9.96. The average molecular weight is 179 g/mol. The lowest BCUT2D eigenvalue weighted by Gasteiger charge is -2.10. The first-order valence-electron chi connectivity index (χ1n) is 4.56. The summed E-state index contributed by atoms with van der Waals surface area (Å²) in [5.41, 5.74) is 7.55. The zero-order valence-electron chi connectivity index (χ0n) is 7.97. The number of hydrogen-bond donors (Lipinski definition) is 1. The van der Waals surface area contributed by atoms with Crippen molar-refractivity contribution in [1.82, 2.24) is 0 Å². The lowest BCUT2D eigenvalue weighted by molar-refractivity contribution is 0.610. The van der Waals surface area contributed by atoms with Gasteiger partial charge in [-0.1, -0.05) is 19.1 Å². The standard InChI is InChI=1S/C11H14FN/c1-7-3-4-8(5-9(7)12)11(2)6-10(11)13/h3-5,10H,6,13H2,1-2H3. The van der Waals surface area contributed by atoms with Crippen molar-refractivity contribution in [2.45, 2.75) is 31.7 Å². The second-order valence-electron chi connectivity index (χ2n) is 4.19. The van der Waals surface area contributed by atoms with Crippen LogP contribution in [0.15, 0.2) is 18.2 Å². The van der Waals surface area contributed by atoms with Crippen molar-refractivity contribution in [3.63, 3.8) is 0 Å². The summed E-state index contributed by atoms with van der Waals surface area (Å²) in [4.78, 5) is 0. The van der Waals surface area contributed by atoms with Gasteiger partial charge in [-0.15, -0.1) is 0 Å². The van der Waals surface area contributed by atoms with E-state index in [1.165, 1.54) is 0 Å². The fraction of sp³-hybridized carbons (Fsp3) is 0.455. The van der Waals surface area contributed by atoms with Crippen LogP contribution in [0.3, 0.4) is 0 Å². The molecule has 0 aliphatic heterocycles. The molecule has 0 heterocycles. The Morgan fingerprint density at radius 2 is 2.15 bits per heavy atom. The van der Waals surface area contributed by atoms with E-state index in [-0.39, 0.29) is 17.3 Å². The van der Waals surface area contributed by atoms with Gasteiger partial charge in [0.25, 0.3) is 0 Å². The number of halogens is 1. The Hall–Kier alpha value is -0.890. The first-order valence-corrected chi connectivity index (χ1v) is 4.56. The van der Waals surface area contributed by atoms with Crippen molar-refractivity contribution >= 4 is 0 Å². The highest BCUT2D eigenvalue weighted by molar-refractivity contribution is 5.36. The minimum Gasteiger partial charge on any atom is -0.327 e. The molecule has 1 aliphatic carbocycles. The van der Waals surface area contributed by atoms with Gasteiger partial charge in [0.1, 0.15) is 5.82 Å². The maximum absolute atomic E-state index is 13.2. The van der Waals surface area contributed by atoms with Crippen LogP contribution in [-0.4, -0.2) is 6.04 Å². The van der Waals surface area contributed by atoms with Gasteiger partial charge in [-0.05, 0) is 30.5 Å². The predicted octanol–water partition coefficient (Wildman–Crippen LogP) is 2.12. The van der Waals surface area contributed by atoms with Gasteiger partial charge in [-0.2, -0.15) is 0 Å². The molecule has 1 saturated carbocycles.